The molecule has 10 heteroatoms. The molecule has 0 spiro atoms. The summed E-state index contributed by atoms with van der Waals surface area (Å²) in [5.41, 5.74) is 5.29. The average Bonchev–Trinajstić information content (AvgIpc) is 3.77. The van der Waals surface area contributed by atoms with Gasteiger partial charge in [-0.3, -0.25) is 9.78 Å². The van der Waals surface area contributed by atoms with Crippen LogP contribution in [-0.4, -0.2) is 45.5 Å². The molecule has 5 rings (SSSR count). The van der Waals surface area contributed by atoms with E-state index in [-0.39, 0.29) is 42.4 Å². The van der Waals surface area contributed by atoms with Crippen LogP contribution in [0.15, 0.2) is 49.2 Å². The van der Waals surface area contributed by atoms with Gasteiger partial charge in [-0.2, -0.15) is 13.9 Å². The van der Waals surface area contributed by atoms with Gasteiger partial charge in [0.15, 0.2) is 0 Å². The van der Waals surface area contributed by atoms with Crippen LogP contribution in [0.1, 0.15) is 76.7 Å². The minimum atomic E-state index is -3.06. The van der Waals surface area contributed by atoms with Crippen LogP contribution in [0.25, 0.3) is 5.69 Å². The number of hydrogen-bond acceptors (Lipinski definition) is 5. The fourth-order valence-corrected chi connectivity index (χ4v) is 4.99. The molecule has 41 heavy (non-hydrogen) atoms. The molecule has 1 aliphatic heterocycles. The summed E-state index contributed by atoms with van der Waals surface area (Å²) in [5.74, 6) is -2.68. The summed E-state index contributed by atoms with van der Waals surface area (Å²) in [4.78, 5) is 28.1. The van der Waals surface area contributed by atoms with Crippen LogP contribution in [0.3, 0.4) is 0 Å². The number of anilines is 1. The number of nitrogens with one attached hydrogen (secondary N) is 1. The molecule has 1 aliphatic carbocycles. The van der Waals surface area contributed by atoms with Gasteiger partial charge in [0.2, 0.25) is 0 Å². The molecule has 1 fully saturated rings. The second kappa shape index (κ2) is 13.6. The molecule has 7 nitrogen and oxygen atoms in total. The molecule has 1 aromatic carbocycles. The predicted octanol–water partition coefficient (Wildman–Crippen LogP) is 2.92. The first kappa shape index (κ1) is 32.2. The molecular formula is C31H34F2LiN5O2-2. The SMILES string of the molecule is C=C[C-]=O.[CH2-]Cc1nn(-c2ccc(C3CC3)cc2)c2c1C([CH2-])N(C(=O)c1cnc(C(F)(F)CC)cc1NC)CC2.[Li+]. The predicted molar refractivity (Wildman–Crippen MR) is 151 cm³/mol. The Morgan fingerprint density at radius 3 is 2.49 bits per heavy atom. The largest absolute Gasteiger partial charge is 1.00 e. The van der Waals surface area contributed by atoms with E-state index in [4.69, 9.17) is 9.89 Å². The van der Waals surface area contributed by atoms with Gasteiger partial charge in [-0.25, -0.2) is 17.3 Å². The van der Waals surface area contributed by atoms with Gasteiger partial charge in [0.25, 0.3) is 11.8 Å². The van der Waals surface area contributed by atoms with Gasteiger partial charge in [0, 0.05) is 44.0 Å². The fraction of sp³-hybridized carbons (Fsp3) is 0.355. The molecule has 3 aromatic rings. The summed E-state index contributed by atoms with van der Waals surface area (Å²) in [7, 11) is 1.61. The molecule has 2 aliphatic rings. The van der Waals surface area contributed by atoms with Crippen molar-refractivity contribution in [2.45, 2.75) is 56.9 Å². The third-order valence-electron chi connectivity index (χ3n) is 7.39. The molecule has 1 N–H and O–H groups in total. The van der Waals surface area contributed by atoms with E-state index in [1.807, 2.05) is 4.68 Å². The molecule has 212 valence electrons. The topological polar surface area (TPSA) is 80.1 Å². The van der Waals surface area contributed by atoms with Gasteiger partial charge in [-0.05, 0) is 54.4 Å². The van der Waals surface area contributed by atoms with Gasteiger partial charge < -0.3 is 28.9 Å². The standard InChI is InChI=1S/C28H31F2N5O.C3H3O.Li/c1-5-22-26-17(3)34(27(36)21-16-32-25(15-23(21)31-4)28(29,30)6-2)14-13-24(26)35(33-22)20-11-9-19(10-12-20)18-7-8-18;1-2-3-4;/h9-12,15-18H,1,3,5-8,13-14H2,2,4H3,(H,31,32);2H,1H2;/q-2;-1;+1. The fourth-order valence-electron chi connectivity index (χ4n) is 4.99. The summed E-state index contributed by atoms with van der Waals surface area (Å²) >= 11 is 0. The maximum Gasteiger partial charge on any atom is 1.00 e. The molecule has 1 amide bonds. The normalized spacial score (nSPS) is 16.0. The van der Waals surface area contributed by atoms with E-state index in [0.29, 0.717) is 31.0 Å². The Kier molecular flexibility index (Phi) is 10.7. The number of allylic oxidation sites excluding steroid dienone is 1. The number of carbonyl (C=O) groups is 1. The summed E-state index contributed by atoms with van der Waals surface area (Å²) in [6, 6.07) is 9.31. The zero-order chi connectivity index (χ0) is 29.0. The summed E-state index contributed by atoms with van der Waals surface area (Å²) in [6.07, 6.45) is 6.95. The van der Waals surface area contributed by atoms with E-state index < -0.39 is 12.0 Å². The van der Waals surface area contributed by atoms with Gasteiger partial charge in [0.1, 0.15) is 5.69 Å². The Labute approximate surface area is 252 Å². The van der Waals surface area contributed by atoms with Crippen molar-refractivity contribution < 1.29 is 37.2 Å². The monoisotopic (exact) mass is 553 g/mol. The van der Waals surface area contributed by atoms with Crippen LogP contribution in [0, 0.1) is 13.8 Å². The van der Waals surface area contributed by atoms with E-state index in [1.165, 1.54) is 43.9 Å². The van der Waals surface area contributed by atoms with Crippen LogP contribution in [-0.2, 0) is 23.6 Å². The summed E-state index contributed by atoms with van der Waals surface area (Å²) in [6.45, 7) is 13.3. The number of benzene rings is 1. The molecule has 3 heterocycles. The summed E-state index contributed by atoms with van der Waals surface area (Å²) in [5, 5.41) is 7.72. The molecule has 1 atom stereocenters. The van der Waals surface area contributed by atoms with Crippen molar-refractivity contribution in [2.24, 2.45) is 0 Å². The van der Waals surface area contributed by atoms with Crippen molar-refractivity contribution in [3.05, 3.63) is 96.8 Å². The van der Waals surface area contributed by atoms with E-state index >= 15 is 0 Å². The summed E-state index contributed by atoms with van der Waals surface area (Å²) < 4.78 is 30.3. The van der Waals surface area contributed by atoms with E-state index in [0.717, 1.165) is 28.7 Å². The van der Waals surface area contributed by atoms with Gasteiger partial charge in [0.05, 0.1) is 16.9 Å². The number of rotatable bonds is 8. The molecule has 1 unspecified atom stereocenters. The number of halogens is 2. The number of nitrogens with zero attached hydrogens (tertiary/aromatic N) is 4. The second-order valence-electron chi connectivity index (χ2n) is 9.84. The van der Waals surface area contributed by atoms with Crippen molar-refractivity contribution in [1.29, 1.82) is 0 Å². The van der Waals surface area contributed by atoms with Crippen molar-refractivity contribution in [1.82, 2.24) is 19.7 Å². The number of fused-ring (bicyclic) bond motifs is 1. The van der Waals surface area contributed by atoms with Crippen LogP contribution in [0.4, 0.5) is 14.5 Å². The number of carbonyl (C=O) groups excluding carboxylic acids is 2. The minimum Gasteiger partial charge on any atom is -0.419 e. The first-order valence-corrected chi connectivity index (χ1v) is 13.4. The second-order valence-corrected chi connectivity index (χ2v) is 9.84. The Hall–Kier alpha value is -3.28. The van der Waals surface area contributed by atoms with Crippen LogP contribution in [0.5, 0.6) is 0 Å². The maximum absolute atomic E-state index is 14.2. The Morgan fingerprint density at radius 2 is 1.95 bits per heavy atom. The Morgan fingerprint density at radius 1 is 1.29 bits per heavy atom. The van der Waals surface area contributed by atoms with Crippen molar-refractivity contribution >= 4 is 17.9 Å². The quantitative estimate of drug-likeness (QED) is 0.264. The number of aromatic nitrogens is 3. The molecule has 0 bridgehead atoms. The van der Waals surface area contributed by atoms with Crippen LogP contribution >= 0.6 is 0 Å². The minimum absolute atomic E-state index is 0. The number of alkyl halides is 2. The first-order valence-electron chi connectivity index (χ1n) is 13.4. The van der Waals surface area contributed by atoms with Crippen molar-refractivity contribution in [3.63, 3.8) is 0 Å². The van der Waals surface area contributed by atoms with Gasteiger partial charge in [-0.15, -0.1) is 6.42 Å². The smallest absolute Gasteiger partial charge is 0.419 e. The zero-order valence-electron chi connectivity index (χ0n) is 23.9. The third kappa shape index (κ3) is 6.63. The van der Waals surface area contributed by atoms with Gasteiger partial charge in [-0.1, -0.05) is 25.1 Å². The Balaban J connectivity index is 0.000000869. The molecule has 0 saturated heterocycles. The number of hydrogen-bond donors (Lipinski definition) is 1. The molecular weight excluding hydrogens is 519 g/mol. The van der Waals surface area contributed by atoms with E-state index in [1.54, 1.807) is 11.9 Å². The number of amides is 1. The maximum atomic E-state index is 14.2. The first-order chi connectivity index (χ1) is 19.2. The van der Waals surface area contributed by atoms with Crippen molar-refractivity contribution in [2.75, 3.05) is 18.9 Å². The Bertz CT molecular complexity index is 1380. The zero-order valence-corrected chi connectivity index (χ0v) is 23.9. The third-order valence-corrected chi connectivity index (χ3v) is 7.39. The molecule has 0 radical (unpaired) electrons. The van der Waals surface area contributed by atoms with E-state index in [2.05, 4.69) is 55.0 Å². The van der Waals surface area contributed by atoms with Crippen molar-refractivity contribution in [3.8, 4) is 5.69 Å². The molecule has 2 aromatic heterocycles. The van der Waals surface area contributed by atoms with Crippen LogP contribution < -0.4 is 24.2 Å². The van der Waals surface area contributed by atoms with Crippen LogP contribution in [0.2, 0.25) is 0 Å². The average molecular weight is 554 g/mol. The van der Waals surface area contributed by atoms with Gasteiger partial charge >= 0.3 is 18.9 Å². The molecule has 1 saturated carbocycles. The van der Waals surface area contributed by atoms with E-state index in [9.17, 15) is 13.6 Å². The number of pyridine rings is 1.